The molecule has 3 amide bonds. The van der Waals surface area contributed by atoms with E-state index in [-0.39, 0.29) is 65.8 Å². The topological polar surface area (TPSA) is 760 Å². The molecule has 7 aliphatic rings. The van der Waals surface area contributed by atoms with Gasteiger partial charge in [0, 0.05) is 82.5 Å². The Bertz CT molecular complexity index is 3870. The number of thioether (sulfide) groups is 1. The maximum atomic E-state index is 13.8. The van der Waals surface area contributed by atoms with Gasteiger partial charge >= 0.3 is 90.8 Å². The predicted octanol–water partition coefficient (Wildman–Crippen LogP) is -9.21. The second-order valence-corrected chi connectivity index (χ2v) is 31.9. The van der Waals surface area contributed by atoms with Crippen molar-refractivity contribution in [3.05, 3.63) is 0 Å². The molecule has 14 N–H and O–H groups in total. The number of carboxylic acid groups (broad SMARTS) is 2. The third kappa shape index (κ3) is 26.3. The molecule has 0 aromatic carbocycles. The largest absolute Gasteiger partial charge is 0.479 e. The number of aliphatic hydroxyl groups excluding tert-OH is 2. The van der Waals surface area contributed by atoms with Crippen LogP contribution in [0.3, 0.4) is 0 Å². The van der Waals surface area contributed by atoms with Gasteiger partial charge in [-0.2, -0.15) is 70.7 Å². The predicted molar refractivity (Wildman–Crippen MR) is 330 cm³/mol. The average molecular weight is 1740 g/mol. The van der Waals surface area contributed by atoms with Crippen LogP contribution in [0, 0.1) is 0 Å². The summed E-state index contributed by atoms with van der Waals surface area (Å²) in [5, 5.41) is 53.3. The molecule has 7 fully saturated rings. The molecule has 1 radical (unpaired) electrons. The molecule has 53 nitrogen and oxygen atoms in total. The van der Waals surface area contributed by atoms with Gasteiger partial charge in [0.05, 0.1) is 31.9 Å². The number of hydrogen-bond acceptors (Lipinski definition) is 42. The summed E-state index contributed by atoms with van der Waals surface area (Å²) in [6, 6.07) is -2.38. The smallest absolute Gasteiger partial charge is 0.397 e. The Labute approximate surface area is 633 Å². The van der Waals surface area contributed by atoms with Crippen LogP contribution in [0.4, 0.5) is 4.79 Å². The Morgan fingerprint density at radius 3 is 1.31 bits per heavy atom. The summed E-state index contributed by atoms with van der Waals surface area (Å²) < 4.78 is 350. The Morgan fingerprint density at radius 1 is 0.449 bits per heavy atom. The van der Waals surface area contributed by atoms with E-state index in [2.05, 4.69) is 41.0 Å². The zero-order chi connectivity index (χ0) is 79.3. The number of methoxy groups -OCH3 is 5. The number of unbranched alkanes of at least 4 members (excludes halogenated alkanes) is 1. The molecule has 0 saturated carbocycles. The number of amides is 3. The zero-order valence-corrected chi connectivity index (χ0v) is 64.0. The minimum absolute atomic E-state index is 0. The molecule has 107 heavy (non-hydrogen) atoms. The van der Waals surface area contributed by atoms with Gasteiger partial charge in [-0.05, 0) is 12.8 Å². The Morgan fingerprint density at radius 2 is 0.850 bits per heavy atom. The molecule has 7 saturated heterocycles. The minimum Gasteiger partial charge on any atom is -0.479 e. The number of ether oxygens (including phenoxy) is 14. The van der Waals surface area contributed by atoms with E-state index in [1.807, 2.05) is 0 Å². The van der Waals surface area contributed by atoms with Crippen molar-refractivity contribution in [3.63, 3.8) is 0 Å². The average Bonchev–Trinajstić information content (AvgIpc) is 1.43. The van der Waals surface area contributed by atoms with Crippen molar-refractivity contribution < 1.29 is 226 Å². The van der Waals surface area contributed by atoms with Crippen molar-refractivity contribution in [2.75, 3.05) is 61.1 Å². The van der Waals surface area contributed by atoms with Crippen molar-refractivity contribution >= 4 is 138 Å². The van der Waals surface area contributed by atoms with Gasteiger partial charge in [0.1, 0.15) is 97.6 Å². The van der Waals surface area contributed by atoms with Gasteiger partial charge in [-0.15, -0.1) is 0 Å². The van der Waals surface area contributed by atoms with Gasteiger partial charge in [-0.25, -0.2) is 43.7 Å². The first-order valence-electron chi connectivity index (χ1n) is 29.8. The first kappa shape index (κ1) is 93.3. The number of nitrogens with one attached hydrogen (secondary N) is 3. The van der Waals surface area contributed by atoms with Crippen LogP contribution in [0.5, 0.6) is 0 Å². The molecule has 0 unspecified atom stereocenters. The molecule has 0 aliphatic carbocycles. The number of carbonyl (C=O) groups excluding carboxylic acids is 2. The van der Waals surface area contributed by atoms with Crippen LogP contribution in [0.15, 0.2) is 0 Å². The molecular weight excluding hydrogens is 1660 g/mol. The fourth-order valence-electron chi connectivity index (χ4n) is 12.2. The van der Waals surface area contributed by atoms with Crippen molar-refractivity contribution in [1.29, 1.82) is 0 Å². The summed E-state index contributed by atoms with van der Waals surface area (Å²) in [5.41, 5.74) is 0. The molecule has 617 valence electrons. The van der Waals surface area contributed by atoms with E-state index in [9.17, 15) is 130 Å². The van der Waals surface area contributed by atoms with Crippen LogP contribution in [0.25, 0.3) is 0 Å². The van der Waals surface area contributed by atoms with Crippen molar-refractivity contribution in [1.82, 2.24) is 16.0 Å². The van der Waals surface area contributed by atoms with Crippen molar-refractivity contribution in [2.45, 2.75) is 196 Å². The van der Waals surface area contributed by atoms with Gasteiger partial charge in [0.15, 0.2) is 55.9 Å². The summed E-state index contributed by atoms with van der Waals surface area (Å²) in [7, 11) is -36.9. The van der Waals surface area contributed by atoms with Crippen LogP contribution in [-0.2, 0) is 183 Å². The van der Waals surface area contributed by atoms with Gasteiger partial charge < -0.3 is 103 Å². The van der Waals surface area contributed by atoms with E-state index in [0.29, 0.717) is 39.9 Å². The van der Waals surface area contributed by atoms with E-state index < -0.39 is 264 Å². The van der Waals surface area contributed by atoms with Gasteiger partial charge in [-0.3, -0.25) is 36.7 Å². The number of aliphatic carboxylic acids is 2. The van der Waals surface area contributed by atoms with E-state index in [1.54, 1.807) is 11.8 Å². The summed E-state index contributed by atoms with van der Waals surface area (Å²) in [6.07, 6.45) is -61.5. The third-order valence-electron chi connectivity index (χ3n) is 16.3. The van der Waals surface area contributed by atoms with Gasteiger partial charge in [-0.1, -0.05) is 6.42 Å². The molecule has 0 spiro atoms. The fourth-order valence-corrected chi connectivity index (χ4v) is 16.6. The van der Waals surface area contributed by atoms with E-state index >= 15 is 0 Å². The Kier molecular flexibility index (Phi) is 33.4. The normalized spacial score (nSPS) is 37.5. The molecule has 28 atom stereocenters. The first-order valence-corrected chi connectivity index (χ1v) is 40.4. The van der Waals surface area contributed by atoms with E-state index in [0.717, 1.165) is 14.2 Å². The molecule has 0 aromatic heterocycles. The fraction of sp³-hybridized carbons (Fsp3) is 0.911. The molecular formula is C45H73N3NaO50S8. The summed E-state index contributed by atoms with van der Waals surface area (Å²) in [6.45, 7) is -4.61. The summed E-state index contributed by atoms with van der Waals surface area (Å²) in [4.78, 5) is 52.4. The summed E-state index contributed by atoms with van der Waals surface area (Å²) in [5.74, 6) is -4.70. The molecule has 7 rings (SSSR count). The molecule has 7 heterocycles. The number of carboxylic acids is 2. The van der Waals surface area contributed by atoms with E-state index in [1.165, 1.54) is 0 Å². The third-order valence-corrected chi connectivity index (χ3v) is 21.0. The monoisotopic (exact) mass is 1730 g/mol. The summed E-state index contributed by atoms with van der Waals surface area (Å²) >= 11 is 1.59. The molecule has 62 heteroatoms. The minimum atomic E-state index is -6.30. The number of rotatable bonds is 38. The maximum Gasteiger partial charge on any atom is 0.397 e. The first-order chi connectivity index (χ1) is 49.0. The SMILES string of the molecule is CO[C@H]1O[C@H](COS(=O)(=O)O)[C@@H](O[C@@H]2O[C@@H](C(=O)O)[C@@H](O[C@@H]3O[C@H](COS(=O)(=O)O)[C@@H](O[C@@H]4O[C@H](C(=O)O)[C@@H](O[C@H]5O[C@H](COS(=O)(=O)O)[C@@H](OC)[C@H](OC)[C@H]5NC(=O)CCCC[C@@H]5SC[C@@H]6NC(=O)N[C@@H]65)[C@H](O)[C@H]4O)[C@H](OS(=O)(=O)O)[C@H]3OS(=O)(=O)O)[C@H](OC)[C@H]2OC)[C@H](OS(=O)(=O)O)[C@H]1OS(=O)(=O)O.[Na]. The number of urea groups is 1. The second kappa shape index (κ2) is 38.3. The quantitative estimate of drug-likeness (QED) is 0.0118. The number of fused-ring (bicyclic) bond motifs is 1. The van der Waals surface area contributed by atoms with Crippen LogP contribution >= 0.6 is 11.8 Å². The van der Waals surface area contributed by atoms with Crippen LogP contribution in [-0.4, -0.2) is 397 Å². The van der Waals surface area contributed by atoms with Crippen LogP contribution < -0.4 is 16.0 Å². The molecule has 7 aliphatic heterocycles. The maximum absolute atomic E-state index is 13.8. The zero-order valence-electron chi connectivity index (χ0n) is 55.4. The van der Waals surface area contributed by atoms with Crippen LogP contribution in [0.1, 0.15) is 25.7 Å². The van der Waals surface area contributed by atoms with Crippen molar-refractivity contribution in [3.8, 4) is 0 Å². The molecule has 0 bridgehead atoms. The Balaban J connectivity index is 0.0000179. The molecule has 0 aromatic rings. The standard InChI is InChI=1S/C45H73N3O50S8.Na/c1-78-24-15(10-83-100(57,58)59)86-40(21(27(24)79-2)47-19(49)9-7-6-8-18-20-14(13-99-18)46-45(56)48-20)91-28-22(50)23(51)41(93-33(28)38(52)53)89-25-17(12-85-102(63,64)65)88-44(37(98-106(75,76)77)32(25)96-104(69,70)71)92-30-29(80-3)35(81-4)43(94-34(30)39(54)55)90-26-16(11-84-101(60,61)62)87-42(82-5)36(97-105(72,73)74)31(26)95-103(66,67)68;/h14-18,20-37,40-44,50-51H,6-13H2,1-5H3,(H,47,49)(H,52,53)(H,54,55)(H2,46,48,56)(H,57,58,59)(H,60,61,62)(H,63,64,65)(H,66,67,68)(H,69,70,71)(H,72,73,74)(H,75,76,77);/t14-,15+,16+,17+,18-,20-,21+,22+,23+,24+,25+,26+,27+,28-,29-,30-,31-,32-,33-,34+,35+,36+,37+,40+,41+,42-,43+,44-;/m0./s1. The Hall–Kier alpha value is -2.52. The number of hydrogen-bond donors (Lipinski definition) is 14. The van der Waals surface area contributed by atoms with Gasteiger partial charge in [0.2, 0.25) is 5.91 Å². The van der Waals surface area contributed by atoms with Gasteiger partial charge in [0.25, 0.3) is 0 Å². The van der Waals surface area contributed by atoms with Crippen LogP contribution in [0.2, 0.25) is 0 Å². The van der Waals surface area contributed by atoms with Crippen molar-refractivity contribution in [2.24, 2.45) is 0 Å². The second-order valence-electron chi connectivity index (χ2n) is 23.1. The van der Waals surface area contributed by atoms with E-state index in [4.69, 9.17) is 70.5 Å². The number of carbonyl (C=O) groups is 4. The number of aliphatic hydroxyl groups is 2.